The van der Waals surface area contributed by atoms with Crippen LogP contribution < -0.4 is 19.5 Å². The number of rotatable bonds is 9. The number of benzene rings is 2. The lowest BCUT2D eigenvalue weighted by Crippen LogP contribution is -2.12. The molecule has 0 atom stereocenters. The molecule has 1 N–H and O–H groups in total. The summed E-state index contributed by atoms with van der Waals surface area (Å²) in [6, 6.07) is 9.40. The van der Waals surface area contributed by atoms with Crippen LogP contribution in [0.3, 0.4) is 0 Å². The molecule has 31 heavy (non-hydrogen) atoms. The SMILES string of the molecule is COc1ccc(-c2csc(NC(=O)CCCOc3cc(C)c(Cl)c(C)c3)n2)cc1OC. The maximum absolute atomic E-state index is 12.3. The molecule has 2 aromatic carbocycles. The molecule has 0 unspecified atom stereocenters. The van der Waals surface area contributed by atoms with Crippen LogP contribution in [0.25, 0.3) is 11.3 Å². The zero-order valence-electron chi connectivity index (χ0n) is 18.0. The summed E-state index contributed by atoms with van der Waals surface area (Å²) in [7, 11) is 3.18. The van der Waals surface area contributed by atoms with Gasteiger partial charge in [0, 0.05) is 22.4 Å². The van der Waals surface area contributed by atoms with E-state index >= 15 is 0 Å². The summed E-state index contributed by atoms with van der Waals surface area (Å²) >= 11 is 7.55. The lowest BCUT2D eigenvalue weighted by atomic mass is 10.1. The Bertz CT molecular complexity index is 1040. The minimum Gasteiger partial charge on any atom is -0.494 e. The van der Waals surface area contributed by atoms with Crippen LogP contribution in [0.15, 0.2) is 35.7 Å². The lowest BCUT2D eigenvalue weighted by molar-refractivity contribution is -0.116. The Morgan fingerprint density at radius 3 is 2.48 bits per heavy atom. The summed E-state index contributed by atoms with van der Waals surface area (Å²) < 4.78 is 16.4. The van der Waals surface area contributed by atoms with E-state index in [2.05, 4.69) is 10.3 Å². The first kappa shape index (κ1) is 22.9. The largest absolute Gasteiger partial charge is 0.494 e. The van der Waals surface area contributed by atoms with Gasteiger partial charge >= 0.3 is 0 Å². The molecule has 0 aliphatic carbocycles. The zero-order valence-corrected chi connectivity index (χ0v) is 19.5. The Morgan fingerprint density at radius 2 is 1.81 bits per heavy atom. The molecule has 0 fully saturated rings. The van der Waals surface area contributed by atoms with Gasteiger partial charge in [-0.1, -0.05) is 11.6 Å². The van der Waals surface area contributed by atoms with E-state index in [-0.39, 0.29) is 5.91 Å². The van der Waals surface area contributed by atoms with Crippen molar-refractivity contribution in [3.8, 4) is 28.5 Å². The second-order valence-electron chi connectivity index (χ2n) is 6.98. The molecular formula is C23H25ClN2O4S. The number of aromatic nitrogens is 1. The Labute approximate surface area is 191 Å². The number of carbonyl (C=O) groups is 1. The summed E-state index contributed by atoms with van der Waals surface area (Å²) in [6.45, 7) is 4.34. The number of thiazole rings is 1. The van der Waals surface area contributed by atoms with Gasteiger partial charge < -0.3 is 19.5 Å². The number of aryl methyl sites for hydroxylation is 2. The van der Waals surface area contributed by atoms with Gasteiger partial charge in [0.15, 0.2) is 16.6 Å². The van der Waals surface area contributed by atoms with Crippen LogP contribution >= 0.6 is 22.9 Å². The minimum absolute atomic E-state index is 0.0970. The predicted octanol–water partition coefficient (Wildman–Crippen LogP) is 5.90. The summed E-state index contributed by atoms with van der Waals surface area (Å²) in [6.07, 6.45) is 0.942. The summed E-state index contributed by atoms with van der Waals surface area (Å²) in [4.78, 5) is 16.8. The van der Waals surface area contributed by atoms with E-state index in [1.165, 1.54) is 11.3 Å². The maximum Gasteiger partial charge on any atom is 0.226 e. The molecule has 1 heterocycles. The fourth-order valence-electron chi connectivity index (χ4n) is 3.05. The standard InChI is InChI=1S/C23H25ClN2O4S/c1-14-10-17(11-15(2)22(14)24)30-9-5-6-21(27)26-23-25-18(13-31-23)16-7-8-19(28-3)20(12-16)29-4/h7-8,10-13H,5-6,9H2,1-4H3,(H,25,26,27). The molecule has 0 aliphatic heterocycles. The highest BCUT2D eigenvalue weighted by Crippen LogP contribution is 2.33. The minimum atomic E-state index is -0.0970. The van der Waals surface area contributed by atoms with Gasteiger partial charge in [-0.25, -0.2) is 4.98 Å². The predicted molar refractivity (Wildman–Crippen MR) is 125 cm³/mol. The highest BCUT2D eigenvalue weighted by atomic mass is 35.5. The quantitative estimate of drug-likeness (QED) is 0.403. The summed E-state index contributed by atoms with van der Waals surface area (Å²) in [5, 5.41) is 6.05. The maximum atomic E-state index is 12.3. The van der Waals surface area contributed by atoms with Gasteiger partial charge in [-0.3, -0.25) is 4.79 Å². The van der Waals surface area contributed by atoms with E-state index in [0.717, 1.165) is 33.2 Å². The van der Waals surface area contributed by atoms with Crippen molar-refractivity contribution in [1.29, 1.82) is 0 Å². The van der Waals surface area contributed by atoms with Gasteiger partial charge in [0.05, 0.1) is 26.5 Å². The molecule has 1 amide bonds. The van der Waals surface area contributed by atoms with Crippen molar-refractivity contribution in [3.05, 3.63) is 51.9 Å². The number of anilines is 1. The molecule has 0 radical (unpaired) electrons. The Hall–Kier alpha value is -2.77. The van der Waals surface area contributed by atoms with E-state index < -0.39 is 0 Å². The normalized spacial score (nSPS) is 10.6. The first-order chi connectivity index (χ1) is 14.9. The van der Waals surface area contributed by atoms with Crippen molar-refractivity contribution < 1.29 is 19.0 Å². The zero-order chi connectivity index (χ0) is 22.4. The van der Waals surface area contributed by atoms with Gasteiger partial charge in [-0.05, 0) is 61.7 Å². The van der Waals surface area contributed by atoms with Gasteiger partial charge in [0.1, 0.15) is 5.75 Å². The molecule has 3 aromatic rings. The third-order valence-corrected chi connectivity index (χ3v) is 6.01. The number of hydrogen-bond donors (Lipinski definition) is 1. The average molecular weight is 461 g/mol. The smallest absolute Gasteiger partial charge is 0.226 e. The van der Waals surface area contributed by atoms with Crippen LogP contribution in [-0.4, -0.2) is 31.7 Å². The molecule has 1 aromatic heterocycles. The molecule has 164 valence electrons. The Kier molecular flexibility index (Phi) is 7.76. The number of nitrogens with one attached hydrogen (secondary N) is 1. The number of halogens is 1. The van der Waals surface area contributed by atoms with E-state index in [0.29, 0.717) is 36.1 Å². The van der Waals surface area contributed by atoms with E-state index in [1.54, 1.807) is 14.2 Å². The summed E-state index contributed by atoms with van der Waals surface area (Å²) in [5.41, 5.74) is 3.60. The van der Waals surface area contributed by atoms with Crippen LogP contribution in [-0.2, 0) is 4.79 Å². The average Bonchev–Trinajstić information content (AvgIpc) is 3.22. The van der Waals surface area contributed by atoms with Crippen molar-refractivity contribution >= 4 is 34.0 Å². The topological polar surface area (TPSA) is 69.7 Å². The second-order valence-corrected chi connectivity index (χ2v) is 8.21. The monoisotopic (exact) mass is 460 g/mol. The van der Waals surface area contributed by atoms with Crippen LogP contribution in [0, 0.1) is 13.8 Å². The molecular weight excluding hydrogens is 436 g/mol. The van der Waals surface area contributed by atoms with Gasteiger partial charge in [0.2, 0.25) is 5.91 Å². The van der Waals surface area contributed by atoms with Crippen molar-refractivity contribution in [3.63, 3.8) is 0 Å². The van der Waals surface area contributed by atoms with Gasteiger partial charge in [-0.2, -0.15) is 0 Å². The third kappa shape index (κ3) is 5.89. The number of hydrogen-bond acceptors (Lipinski definition) is 6. The molecule has 0 saturated carbocycles. The van der Waals surface area contributed by atoms with Crippen LogP contribution in [0.4, 0.5) is 5.13 Å². The summed E-state index contributed by atoms with van der Waals surface area (Å²) in [5.74, 6) is 1.95. The van der Waals surface area contributed by atoms with Crippen molar-refractivity contribution in [1.82, 2.24) is 4.98 Å². The number of ether oxygens (including phenoxy) is 3. The van der Waals surface area contributed by atoms with Crippen molar-refractivity contribution in [2.75, 3.05) is 26.1 Å². The molecule has 0 aliphatic rings. The lowest BCUT2D eigenvalue weighted by Gasteiger charge is -2.10. The highest BCUT2D eigenvalue weighted by Gasteiger charge is 2.11. The molecule has 0 spiro atoms. The van der Waals surface area contributed by atoms with Gasteiger partial charge in [0.25, 0.3) is 0 Å². The fourth-order valence-corrected chi connectivity index (χ4v) is 3.90. The fraction of sp³-hybridized carbons (Fsp3) is 0.304. The number of methoxy groups -OCH3 is 2. The molecule has 0 saturated heterocycles. The number of carbonyl (C=O) groups excluding carboxylic acids is 1. The van der Waals surface area contributed by atoms with Crippen molar-refractivity contribution in [2.45, 2.75) is 26.7 Å². The Balaban J connectivity index is 1.50. The van der Waals surface area contributed by atoms with Gasteiger partial charge in [-0.15, -0.1) is 11.3 Å². The van der Waals surface area contributed by atoms with E-state index in [1.807, 2.05) is 49.6 Å². The van der Waals surface area contributed by atoms with E-state index in [4.69, 9.17) is 25.8 Å². The first-order valence-electron chi connectivity index (χ1n) is 9.78. The second kappa shape index (κ2) is 10.5. The van der Waals surface area contributed by atoms with Crippen LogP contribution in [0.5, 0.6) is 17.2 Å². The first-order valence-corrected chi connectivity index (χ1v) is 11.0. The van der Waals surface area contributed by atoms with Crippen LogP contribution in [0.2, 0.25) is 5.02 Å². The van der Waals surface area contributed by atoms with E-state index in [9.17, 15) is 4.79 Å². The van der Waals surface area contributed by atoms with Crippen LogP contribution in [0.1, 0.15) is 24.0 Å². The molecule has 8 heteroatoms. The molecule has 3 rings (SSSR count). The number of nitrogens with zero attached hydrogens (tertiary/aromatic N) is 1. The highest BCUT2D eigenvalue weighted by molar-refractivity contribution is 7.14. The molecule has 6 nitrogen and oxygen atoms in total. The molecule has 0 bridgehead atoms. The number of amides is 1. The third-order valence-electron chi connectivity index (χ3n) is 4.66. The Morgan fingerprint density at radius 1 is 1.10 bits per heavy atom. The van der Waals surface area contributed by atoms with Crippen molar-refractivity contribution in [2.24, 2.45) is 0 Å².